The highest BCUT2D eigenvalue weighted by Crippen LogP contribution is 2.77. The standard InChI is InChI=1S/C24H27Cl2F3N4O4S/c25-16-5-13(24(27,28)29)6-17(26)19(16)33-3-1-2-32(38(33,36)37)10-18(34)31-20-14-4-12-7-22(21(30)35)9-15(14)23(20,8-12)11-22/h5-6,12,14-15,20H,1-4,7-11H2,(H2,30,35)(H,31,34). The lowest BCUT2D eigenvalue weighted by Gasteiger charge is -2.66. The van der Waals surface area contributed by atoms with Gasteiger partial charge in [-0.25, -0.2) is 0 Å². The molecule has 1 spiro atoms. The molecule has 3 N–H and O–H groups in total. The molecule has 1 heterocycles. The van der Waals surface area contributed by atoms with Crippen LogP contribution in [0.3, 0.4) is 0 Å². The molecule has 6 unspecified atom stereocenters. The van der Waals surface area contributed by atoms with Crippen LogP contribution in [0.1, 0.15) is 44.1 Å². The number of benzene rings is 1. The maximum Gasteiger partial charge on any atom is 0.416 e. The number of anilines is 1. The second kappa shape index (κ2) is 8.37. The Kier molecular flexibility index (Phi) is 5.83. The van der Waals surface area contributed by atoms with E-state index in [9.17, 15) is 31.2 Å². The highest BCUT2D eigenvalue weighted by atomic mass is 35.5. The summed E-state index contributed by atoms with van der Waals surface area (Å²) in [6.07, 6.45) is -0.276. The molecule has 1 saturated heterocycles. The van der Waals surface area contributed by atoms with Gasteiger partial charge in [0.25, 0.3) is 0 Å². The Morgan fingerprint density at radius 2 is 1.82 bits per heavy atom. The van der Waals surface area contributed by atoms with Crippen molar-refractivity contribution >= 4 is 50.9 Å². The zero-order valence-electron chi connectivity index (χ0n) is 20.2. The van der Waals surface area contributed by atoms with Crippen molar-refractivity contribution in [1.82, 2.24) is 9.62 Å². The number of primary amides is 1. The molecule has 5 saturated carbocycles. The van der Waals surface area contributed by atoms with Crippen LogP contribution in [0.2, 0.25) is 10.0 Å². The number of nitrogens with zero attached hydrogens (tertiary/aromatic N) is 2. The molecule has 0 aromatic heterocycles. The Morgan fingerprint density at radius 3 is 2.45 bits per heavy atom. The lowest BCUT2D eigenvalue weighted by atomic mass is 9.41. The third-order valence-electron chi connectivity index (χ3n) is 9.66. The van der Waals surface area contributed by atoms with E-state index in [4.69, 9.17) is 28.9 Å². The van der Waals surface area contributed by atoms with Gasteiger partial charge in [-0.2, -0.15) is 25.9 Å². The Balaban J connectivity index is 1.19. The first-order chi connectivity index (χ1) is 17.7. The molecule has 0 radical (unpaired) electrons. The molecule has 2 amide bonds. The van der Waals surface area contributed by atoms with E-state index in [-0.39, 0.29) is 42.1 Å². The second-order valence-corrected chi connectivity index (χ2v) is 14.3. The Labute approximate surface area is 228 Å². The largest absolute Gasteiger partial charge is 0.416 e. The molecular weight excluding hydrogens is 568 g/mol. The molecule has 7 rings (SSSR count). The van der Waals surface area contributed by atoms with E-state index in [1.807, 2.05) is 0 Å². The molecule has 38 heavy (non-hydrogen) atoms. The highest BCUT2D eigenvalue weighted by molar-refractivity contribution is 7.90. The third-order valence-corrected chi connectivity index (χ3v) is 12.1. The van der Waals surface area contributed by atoms with Crippen LogP contribution in [0.15, 0.2) is 12.1 Å². The van der Waals surface area contributed by atoms with Crippen molar-refractivity contribution in [2.45, 2.75) is 50.7 Å². The van der Waals surface area contributed by atoms with Crippen molar-refractivity contribution in [2.75, 3.05) is 23.9 Å². The molecule has 5 aliphatic carbocycles. The minimum Gasteiger partial charge on any atom is -0.369 e. The number of carbonyl (C=O) groups excluding carboxylic acids is 2. The highest BCUT2D eigenvalue weighted by Gasteiger charge is 2.76. The van der Waals surface area contributed by atoms with Gasteiger partial charge in [0.2, 0.25) is 11.8 Å². The van der Waals surface area contributed by atoms with Crippen molar-refractivity contribution in [1.29, 1.82) is 0 Å². The average molecular weight is 595 g/mol. The van der Waals surface area contributed by atoms with Crippen LogP contribution in [-0.4, -0.2) is 50.2 Å². The Hall–Kier alpha value is -1.76. The summed E-state index contributed by atoms with van der Waals surface area (Å²) in [6, 6.07) is 1.15. The third kappa shape index (κ3) is 3.69. The van der Waals surface area contributed by atoms with Crippen LogP contribution in [0, 0.1) is 28.6 Å². The number of alkyl halides is 3. The maximum absolute atomic E-state index is 13.4. The van der Waals surface area contributed by atoms with E-state index in [0.29, 0.717) is 36.8 Å². The predicted octanol–water partition coefficient (Wildman–Crippen LogP) is 3.57. The van der Waals surface area contributed by atoms with Crippen LogP contribution < -0.4 is 15.4 Å². The molecule has 1 aromatic rings. The quantitative estimate of drug-likeness (QED) is 0.542. The number of nitrogens with one attached hydrogen (secondary N) is 1. The SMILES string of the molecule is NC(=O)C12CC3CC4C(C1)C(C3)(C2)C4NC(=O)CN1CCCN(c2c(Cl)cc(C(F)(F)F)cc2Cl)S1(=O)=O. The normalized spacial score (nSPS) is 37.1. The van der Waals surface area contributed by atoms with E-state index in [1.54, 1.807) is 0 Å². The molecule has 1 aromatic carbocycles. The van der Waals surface area contributed by atoms with E-state index in [1.165, 1.54) is 0 Å². The van der Waals surface area contributed by atoms with E-state index in [2.05, 4.69) is 5.32 Å². The van der Waals surface area contributed by atoms with Crippen molar-refractivity contribution in [3.05, 3.63) is 27.7 Å². The summed E-state index contributed by atoms with van der Waals surface area (Å²) in [6.45, 7) is -0.419. The molecular formula is C24H27Cl2F3N4O4S. The van der Waals surface area contributed by atoms with Gasteiger partial charge in [-0.05, 0) is 73.8 Å². The summed E-state index contributed by atoms with van der Waals surface area (Å²) in [5.74, 6) is 0.297. The van der Waals surface area contributed by atoms with Crippen LogP contribution in [-0.2, 0) is 26.0 Å². The molecule has 4 bridgehead atoms. The zero-order valence-corrected chi connectivity index (χ0v) is 22.6. The minimum absolute atomic E-state index is 0.0443. The van der Waals surface area contributed by atoms with Crippen molar-refractivity contribution in [3.63, 3.8) is 0 Å². The number of amides is 2. The van der Waals surface area contributed by atoms with Crippen LogP contribution in [0.4, 0.5) is 18.9 Å². The van der Waals surface area contributed by atoms with Gasteiger partial charge in [0.15, 0.2) is 0 Å². The number of nitrogens with two attached hydrogens (primary N) is 1. The first kappa shape index (κ1) is 26.5. The molecule has 208 valence electrons. The smallest absolute Gasteiger partial charge is 0.369 e. The van der Waals surface area contributed by atoms with Gasteiger partial charge in [0.1, 0.15) is 0 Å². The molecule has 8 nitrogen and oxygen atoms in total. The summed E-state index contributed by atoms with van der Waals surface area (Å²) in [5.41, 5.74) is 3.80. The fourth-order valence-corrected chi connectivity index (χ4v) is 11.0. The molecule has 14 heteroatoms. The number of hydrogen-bond donors (Lipinski definition) is 2. The number of fused-ring (bicyclic) bond motifs is 1. The lowest BCUT2D eigenvalue weighted by Crippen LogP contribution is -2.70. The van der Waals surface area contributed by atoms with E-state index in [0.717, 1.165) is 34.3 Å². The molecule has 6 atom stereocenters. The van der Waals surface area contributed by atoms with Gasteiger partial charge >= 0.3 is 16.4 Å². The average Bonchev–Trinajstić information content (AvgIpc) is 2.94. The van der Waals surface area contributed by atoms with Gasteiger partial charge in [0.05, 0.1) is 33.3 Å². The first-order valence-corrected chi connectivity index (χ1v) is 14.8. The summed E-state index contributed by atoms with van der Waals surface area (Å²) >= 11 is 12.2. The number of rotatable bonds is 5. The molecule has 1 aliphatic heterocycles. The van der Waals surface area contributed by atoms with Gasteiger partial charge in [-0.1, -0.05) is 23.2 Å². The Bertz CT molecular complexity index is 1320. The van der Waals surface area contributed by atoms with E-state index < -0.39 is 49.9 Å². The van der Waals surface area contributed by atoms with Crippen LogP contribution in [0.5, 0.6) is 0 Å². The maximum atomic E-state index is 13.4. The Morgan fingerprint density at radius 1 is 1.13 bits per heavy atom. The minimum atomic E-state index is -4.70. The summed E-state index contributed by atoms with van der Waals surface area (Å²) < 4.78 is 68.1. The van der Waals surface area contributed by atoms with Crippen molar-refractivity contribution < 1.29 is 31.2 Å². The fourth-order valence-electron chi connectivity index (χ4n) is 8.47. The predicted molar refractivity (Wildman–Crippen MR) is 133 cm³/mol. The van der Waals surface area contributed by atoms with Gasteiger partial charge < -0.3 is 11.1 Å². The summed E-state index contributed by atoms with van der Waals surface area (Å²) in [4.78, 5) is 25.5. The van der Waals surface area contributed by atoms with E-state index >= 15 is 0 Å². The van der Waals surface area contributed by atoms with Gasteiger partial charge in [-0.3, -0.25) is 13.9 Å². The van der Waals surface area contributed by atoms with Gasteiger partial charge in [0, 0.05) is 19.1 Å². The van der Waals surface area contributed by atoms with Crippen LogP contribution >= 0.6 is 23.2 Å². The van der Waals surface area contributed by atoms with Gasteiger partial charge in [-0.15, -0.1) is 0 Å². The monoisotopic (exact) mass is 594 g/mol. The second-order valence-electron chi connectivity index (χ2n) is 11.6. The number of halogens is 5. The first-order valence-electron chi connectivity index (χ1n) is 12.6. The van der Waals surface area contributed by atoms with Crippen molar-refractivity contribution in [3.8, 4) is 0 Å². The fraction of sp³-hybridized carbons (Fsp3) is 0.667. The number of hydrogen-bond acceptors (Lipinski definition) is 4. The summed E-state index contributed by atoms with van der Waals surface area (Å²) in [7, 11) is -4.30. The molecule has 6 fully saturated rings. The lowest BCUT2D eigenvalue weighted by molar-refractivity contribution is -0.159. The zero-order chi connectivity index (χ0) is 27.4. The number of carbonyl (C=O) groups is 2. The van der Waals surface area contributed by atoms with Crippen LogP contribution in [0.25, 0.3) is 0 Å². The van der Waals surface area contributed by atoms with Crippen molar-refractivity contribution in [2.24, 2.45) is 34.3 Å². The topological polar surface area (TPSA) is 113 Å². The summed E-state index contributed by atoms with van der Waals surface area (Å²) in [5, 5.41) is 2.17. The molecule has 6 aliphatic rings.